The van der Waals surface area contributed by atoms with Crippen molar-refractivity contribution >= 4 is 11.9 Å². The maximum Gasteiger partial charge on any atom is 0.307 e. The van der Waals surface area contributed by atoms with Crippen molar-refractivity contribution in [1.29, 1.82) is 0 Å². The molecule has 3 unspecified atom stereocenters. The lowest BCUT2D eigenvalue weighted by molar-refractivity contribution is -0.140. The van der Waals surface area contributed by atoms with Gasteiger partial charge in [-0.05, 0) is 31.5 Å². The van der Waals surface area contributed by atoms with E-state index < -0.39 is 41.4 Å². The molecule has 0 radical (unpaired) electrons. The van der Waals surface area contributed by atoms with Crippen LogP contribution in [-0.2, 0) is 9.59 Å². The van der Waals surface area contributed by atoms with E-state index in [-0.39, 0.29) is 5.56 Å². The average molecular weight is 269 g/mol. The van der Waals surface area contributed by atoms with Gasteiger partial charge in [0.1, 0.15) is 11.6 Å². The van der Waals surface area contributed by atoms with Crippen molar-refractivity contribution in [2.24, 2.45) is 11.8 Å². The molecule has 102 valence electrons. The minimum atomic E-state index is -1.01. The van der Waals surface area contributed by atoms with Crippen molar-refractivity contribution in [2.75, 3.05) is 0 Å². The van der Waals surface area contributed by atoms with Crippen molar-refractivity contribution < 1.29 is 23.5 Å². The highest BCUT2D eigenvalue weighted by molar-refractivity contribution is 5.89. The van der Waals surface area contributed by atoms with Crippen LogP contribution in [0.25, 0.3) is 0 Å². The largest absolute Gasteiger partial charge is 0.481 e. The van der Waals surface area contributed by atoms with Crippen LogP contribution >= 0.6 is 0 Å². The molecule has 1 aliphatic carbocycles. The molecule has 2 N–H and O–H groups in total. The monoisotopic (exact) mass is 269 g/mol. The first kappa shape index (κ1) is 13.5. The zero-order valence-corrected chi connectivity index (χ0v) is 10.2. The van der Waals surface area contributed by atoms with Gasteiger partial charge in [0.15, 0.2) is 0 Å². The van der Waals surface area contributed by atoms with Gasteiger partial charge in [-0.2, -0.15) is 0 Å². The molecule has 0 bridgehead atoms. The van der Waals surface area contributed by atoms with E-state index in [1.54, 1.807) is 0 Å². The first-order valence-corrected chi connectivity index (χ1v) is 5.88. The molecular formula is C13H13F2NO3. The summed E-state index contributed by atoms with van der Waals surface area (Å²) in [5, 5.41) is 11.2. The molecule has 19 heavy (non-hydrogen) atoms. The van der Waals surface area contributed by atoms with Crippen LogP contribution in [0.5, 0.6) is 0 Å². The van der Waals surface area contributed by atoms with Gasteiger partial charge in [0, 0.05) is 5.56 Å². The quantitative estimate of drug-likeness (QED) is 0.876. The van der Waals surface area contributed by atoms with Crippen molar-refractivity contribution in [3.8, 4) is 0 Å². The molecule has 0 aromatic heterocycles. The molecule has 6 heteroatoms. The summed E-state index contributed by atoms with van der Waals surface area (Å²) in [7, 11) is 0. The zero-order chi connectivity index (χ0) is 14.2. The average Bonchev–Trinajstić information content (AvgIpc) is 3.12. The van der Waals surface area contributed by atoms with Crippen LogP contribution < -0.4 is 5.32 Å². The Kier molecular flexibility index (Phi) is 3.50. The molecule has 3 atom stereocenters. The van der Waals surface area contributed by atoms with E-state index in [1.165, 1.54) is 6.92 Å². The fraction of sp³-hybridized carbons (Fsp3) is 0.385. The summed E-state index contributed by atoms with van der Waals surface area (Å²) in [6.07, 6.45) is 0.291. The van der Waals surface area contributed by atoms with Gasteiger partial charge in [-0.15, -0.1) is 0 Å². The maximum absolute atomic E-state index is 13.5. The van der Waals surface area contributed by atoms with Crippen LogP contribution in [0.3, 0.4) is 0 Å². The molecule has 2 rings (SSSR count). The van der Waals surface area contributed by atoms with E-state index in [1.807, 2.05) is 0 Å². The topological polar surface area (TPSA) is 66.4 Å². The molecule has 1 saturated carbocycles. The fourth-order valence-electron chi connectivity index (χ4n) is 2.00. The first-order valence-electron chi connectivity index (χ1n) is 5.88. The fourth-order valence-corrected chi connectivity index (χ4v) is 2.00. The van der Waals surface area contributed by atoms with Gasteiger partial charge in [0.2, 0.25) is 5.91 Å². The number of carboxylic acids is 1. The summed E-state index contributed by atoms with van der Waals surface area (Å²) in [4.78, 5) is 22.4. The number of hydrogen-bond donors (Lipinski definition) is 2. The van der Waals surface area contributed by atoms with Crippen LogP contribution in [0.2, 0.25) is 0 Å². The van der Waals surface area contributed by atoms with Crippen molar-refractivity contribution in [3.63, 3.8) is 0 Å². The molecule has 0 saturated heterocycles. The smallest absolute Gasteiger partial charge is 0.307 e. The number of carbonyl (C=O) groups excluding carboxylic acids is 1. The van der Waals surface area contributed by atoms with E-state index in [0.717, 1.165) is 18.2 Å². The van der Waals surface area contributed by atoms with E-state index in [2.05, 4.69) is 5.32 Å². The lowest BCUT2D eigenvalue weighted by Crippen LogP contribution is -2.29. The number of aliphatic carboxylic acids is 1. The number of carbonyl (C=O) groups is 2. The number of halogens is 2. The maximum atomic E-state index is 13.5. The summed E-state index contributed by atoms with van der Waals surface area (Å²) in [5.74, 6) is -3.89. The van der Waals surface area contributed by atoms with Gasteiger partial charge < -0.3 is 10.4 Å². The second kappa shape index (κ2) is 4.95. The van der Waals surface area contributed by atoms with E-state index in [0.29, 0.717) is 6.42 Å². The molecule has 1 fully saturated rings. The predicted molar refractivity (Wildman–Crippen MR) is 62.1 cm³/mol. The SMILES string of the molecule is CC(NC(=O)C1CC1C(=O)O)c1cc(F)ccc1F. The standard InChI is InChI=1S/C13H13F2NO3/c1-6(8-4-7(14)2-3-11(8)15)16-12(17)9-5-10(9)13(18)19/h2-4,6,9-10H,5H2,1H3,(H,16,17)(H,18,19). The van der Waals surface area contributed by atoms with E-state index in [4.69, 9.17) is 5.11 Å². The molecule has 0 heterocycles. The highest BCUT2D eigenvalue weighted by atomic mass is 19.1. The predicted octanol–water partition coefficient (Wildman–Crippen LogP) is 1.86. The summed E-state index contributed by atoms with van der Waals surface area (Å²) in [6, 6.07) is 2.29. The van der Waals surface area contributed by atoms with Crippen molar-refractivity contribution in [2.45, 2.75) is 19.4 Å². The van der Waals surface area contributed by atoms with Crippen LogP contribution in [0.1, 0.15) is 24.9 Å². The third kappa shape index (κ3) is 2.89. The Balaban J connectivity index is 2.01. The second-order valence-electron chi connectivity index (χ2n) is 4.68. The van der Waals surface area contributed by atoms with Gasteiger partial charge >= 0.3 is 5.97 Å². The van der Waals surface area contributed by atoms with Crippen LogP contribution in [-0.4, -0.2) is 17.0 Å². The molecule has 0 aliphatic heterocycles. The molecule has 4 nitrogen and oxygen atoms in total. The number of benzene rings is 1. The third-order valence-corrected chi connectivity index (χ3v) is 3.23. The minimum absolute atomic E-state index is 0.0425. The Morgan fingerprint density at radius 2 is 2.05 bits per heavy atom. The lowest BCUT2D eigenvalue weighted by Gasteiger charge is -2.15. The minimum Gasteiger partial charge on any atom is -0.481 e. The Bertz CT molecular complexity index is 533. The summed E-state index contributed by atoms with van der Waals surface area (Å²) in [5.41, 5.74) is 0.0425. The van der Waals surface area contributed by atoms with E-state index in [9.17, 15) is 18.4 Å². The van der Waals surface area contributed by atoms with Gasteiger partial charge in [-0.1, -0.05) is 0 Å². The molecule has 1 amide bonds. The zero-order valence-electron chi connectivity index (χ0n) is 10.2. The molecule has 1 aliphatic rings. The van der Waals surface area contributed by atoms with Gasteiger partial charge in [-0.25, -0.2) is 8.78 Å². The second-order valence-corrected chi connectivity index (χ2v) is 4.68. The van der Waals surface area contributed by atoms with Gasteiger partial charge in [0.05, 0.1) is 17.9 Å². The summed E-state index contributed by atoms with van der Waals surface area (Å²) in [6.45, 7) is 1.52. The van der Waals surface area contributed by atoms with Crippen LogP contribution in [0.4, 0.5) is 8.78 Å². The number of carboxylic acid groups (broad SMARTS) is 1. The summed E-state index contributed by atoms with van der Waals surface area (Å²) >= 11 is 0. The first-order chi connectivity index (χ1) is 8.90. The lowest BCUT2D eigenvalue weighted by atomic mass is 10.1. The van der Waals surface area contributed by atoms with Crippen molar-refractivity contribution in [3.05, 3.63) is 35.4 Å². The Morgan fingerprint density at radius 1 is 1.37 bits per heavy atom. The number of hydrogen-bond acceptors (Lipinski definition) is 2. The Labute approximate surface area is 108 Å². The third-order valence-electron chi connectivity index (χ3n) is 3.23. The number of nitrogens with one attached hydrogen (secondary N) is 1. The normalized spacial score (nSPS) is 22.7. The van der Waals surface area contributed by atoms with E-state index >= 15 is 0 Å². The molecule has 1 aromatic rings. The molecule has 0 spiro atoms. The Morgan fingerprint density at radius 3 is 2.63 bits per heavy atom. The molecule has 1 aromatic carbocycles. The Hall–Kier alpha value is -1.98. The van der Waals surface area contributed by atoms with Crippen molar-refractivity contribution in [1.82, 2.24) is 5.32 Å². The molecular weight excluding hydrogens is 256 g/mol. The van der Waals surface area contributed by atoms with Gasteiger partial charge in [0.25, 0.3) is 0 Å². The summed E-state index contributed by atoms with van der Waals surface area (Å²) < 4.78 is 26.5. The van der Waals surface area contributed by atoms with Gasteiger partial charge in [-0.3, -0.25) is 9.59 Å². The number of amides is 1. The number of rotatable bonds is 4. The highest BCUT2D eigenvalue weighted by Gasteiger charge is 2.48. The highest BCUT2D eigenvalue weighted by Crippen LogP contribution is 2.39. The van der Waals surface area contributed by atoms with Crippen LogP contribution in [0.15, 0.2) is 18.2 Å². The van der Waals surface area contributed by atoms with Crippen LogP contribution in [0, 0.1) is 23.5 Å².